The van der Waals surface area contributed by atoms with Crippen molar-refractivity contribution in [3.8, 4) is 0 Å². The van der Waals surface area contributed by atoms with E-state index in [1.165, 1.54) is 18.2 Å². The lowest BCUT2D eigenvalue weighted by molar-refractivity contribution is -0.141. The maximum absolute atomic E-state index is 14.8. The van der Waals surface area contributed by atoms with Gasteiger partial charge in [0.25, 0.3) is 0 Å². The van der Waals surface area contributed by atoms with E-state index >= 15 is 0 Å². The van der Waals surface area contributed by atoms with Crippen molar-refractivity contribution in [3.05, 3.63) is 53.1 Å². The van der Waals surface area contributed by atoms with Crippen LogP contribution in [0.4, 0.5) is 28.9 Å². The molecule has 0 saturated carbocycles. The van der Waals surface area contributed by atoms with E-state index in [1.54, 1.807) is 0 Å². The van der Waals surface area contributed by atoms with Gasteiger partial charge in [0.1, 0.15) is 5.69 Å². The molecule has 0 spiro atoms. The lowest BCUT2D eigenvalue weighted by atomic mass is 10.0. The number of rotatable bonds is 5. The zero-order valence-electron chi connectivity index (χ0n) is 15.8. The van der Waals surface area contributed by atoms with Gasteiger partial charge in [-0.05, 0) is 42.5 Å². The summed E-state index contributed by atoms with van der Waals surface area (Å²) in [4.78, 5) is 5.39. The Morgan fingerprint density at radius 2 is 1.83 bits per heavy atom. The Bertz CT molecular complexity index is 987. The normalized spacial score (nSPS) is 15.4. The molecule has 1 aromatic carbocycles. The lowest BCUT2D eigenvalue weighted by Crippen LogP contribution is -2.30. The smallest absolute Gasteiger partial charge is 0.371 e. The zero-order valence-corrected chi connectivity index (χ0v) is 16.6. The molecule has 3 rings (SSSR count). The Balaban J connectivity index is 1.99. The van der Waals surface area contributed by atoms with Crippen LogP contribution >= 0.6 is 0 Å². The molecule has 29 heavy (non-hydrogen) atoms. The minimum absolute atomic E-state index is 0.0118. The largest absolute Gasteiger partial charge is 0.433 e. The fourth-order valence-electron chi connectivity index (χ4n) is 3.39. The van der Waals surface area contributed by atoms with E-state index in [4.69, 9.17) is 0 Å². The van der Waals surface area contributed by atoms with Gasteiger partial charge in [0.05, 0.1) is 11.9 Å². The first-order chi connectivity index (χ1) is 13.5. The number of piperidine rings is 1. The fourth-order valence-corrected chi connectivity index (χ4v) is 3.95. The Hall–Kier alpha value is -2.36. The third kappa shape index (κ3) is 5.37. The summed E-state index contributed by atoms with van der Waals surface area (Å²) < 4.78 is 79.2. The molecule has 0 atom stereocenters. The summed E-state index contributed by atoms with van der Waals surface area (Å²) in [7, 11) is -3.67. The number of alkyl halides is 3. The van der Waals surface area contributed by atoms with Gasteiger partial charge in [-0.3, -0.25) is 9.71 Å². The number of anilines is 2. The number of nitrogens with zero attached hydrogens (tertiary/aromatic N) is 2. The van der Waals surface area contributed by atoms with E-state index in [-0.39, 0.29) is 17.7 Å². The number of nitrogens with one attached hydrogen (secondary N) is 1. The number of benzene rings is 1. The second-order valence-corrected chi connectivity index (χ2v) is 8.82. The molecule has 1 aliphatic rings. The molecule has 0 amide bonds. The van der Waals surface area contributed by atoms with Crippen molar-refractivity contribution in [2.75, 3.05) is 29.0 Å². The summed E-state index contributed by atoms with van der Waals surface area (Å²) in [5.41, 5.74) is -0.194. The number of hydrogen-bond donors (Lipinski definition) is 1. The molecule has 0 unspecified atom stereocenters. The molecule has 1 aromatic heterocycles. The summed E-state index contributed by atoms with van der Waals surface area (Å²) in [6, 6.07) is 5.26. The van der Waals surface area contributed by atoms with Crippen LogP contribution < -0.4 is 9.62 Å². The van der Waals surface area contributed by atoms with Crippen LogP contribution in [0.15, 0.2) is 30.5 Å². The first-order valence-electron chi connectivity index (χ1n) is 9.11. The highest BCUT2D eigenvalue weighted by atomic mass is 32.2. The van der Waals surface area contributed by atoms with Crippen LogP contribution in [0.1, 0.15) is 36.1 Å². The van der Waals surface area contributed by atoms with Crippen LogP contribution in [0.3, 0.4) is 0 Å². The SMILES string of the molecule is CS(=O)(=O)Nc1cccc(Cc2cnc(C(F)(F)F)cc2N2CCCCC2)c1F. The Morgan fingerprint density at radius 3 is 2.45 bits per heavy atom. The second-order valence-electron chi connectivity index (χ2n) is 7.07. The first kappa shape index (κ1) is 21.4. The summed E-state index contributed by atoms with van der Waals surface area (Å²) in [6.45, 7) is 1.24. The van der Waals surface area contributed by atoms with Crippen LogP contribution in [0.2, 0.25) is 0 Å². The van der Waals surface area contributed by atoms with Crippen molar-refractivity contribution in [3.63, 3.8) is 0 Å². The molecule has 158 valence electrons. The fraction of sp³-hybridized carbons (Fsp3) is 0.421. The third-order valence-electron chi connectivity index (χ3n) is 4.70. The van der Waals surface area contributed by atoms with Gasteiger partial charge in [0.2, 0.25) is 10.0 Å². The first-order valence-corrected chi connectivity index (χ1v) is 11.0. The molecule has 0 aliphatic carbocycles. The molecule has 1 saturated heterocycles. The topological polar surface area (TPSA) is 62.3 Å². The van der Waals surface area contributed by atoms with Crippen LogP contribution in [-0.4, -0.2) is 32.7 Å². The average molecular weight is 431 g/mol. The van der Waals surface area contributed by atoms with Gasteiger partial charge in [-0.25, -0.2) is 12.8 Å². The van der Waals surface area contributed by atoms with Gasteiger partial charge in [-0.15, -0.1) is 0 Å². The van der Waals surface area contributed by atoms with Crippen molar-refractivity contribution in [1.29, 1.82) is 0 Å². The Labute approximate surface area is 166 Å². The van der Waals surface area contributed by atoms with Gasteiger partial charge < -0.3 is 4.90 Å². The molecule has 1 N–H and O–H groups in total. The van der Waals surface area contributed by atoms with E-state index in [9.17, 15) is 26.0 Å². The van der Waals surface area contributed by atoms with Crippen molar-refractivity contribution in [2.24, 2.45) is 0 Å². The van der Waals surface area contributed by atoms with Gasteiger partial charge in [0, 0.05) is 31.4 Å². The highest BCUT2D eigenvalue weighted by molar-refractivity contribution is 7.92. The average Bonchev–Trinajstić information content (AvgIpc) is 2.64. The maximum Gasteiger partial charge on any atom is 0.433 e. The molecule has 1 fully saturated rings. The molecule has 2 aromatic rings. The van der Waals surface area contributed by atoms with Gasteiger partial charge in [-0.2, -0.15) is 13.2 Å². The van der Waals surface area contributed by atoms with Crippen molar-refractivity contribution in [2.45, 2.75) is 31.9 Å². The number of hydrogen-bond acceptors (Lipinski definition) is 4. The van der Waals surface area contributed by atoms with E-state index in [0.29, 0.717) is 24.3 Å². The summed E-state index contributed by atoms with van der Waals surface area (Å²) in [5, 5.41) is 0. The van der Waals surface area contributed by atoms with Crippen molar-refractivity contribution < 1.29 is 26.0 Å². The van der Waals surface area contributed by atoms with E-state index in [0.717, 1.165) is 37.8 Å². The van der Waals surface area contributed by atoms with Crippen molar-refractivity contribution in [1.82, 2.24) is 4.98 Å². The van der Waals surface area contributed by atoms with E-state index < -0.39 is 27.7 Å². The second kappa shape index (κ2) is 8.17. The molecule has 5 nitrogen and oxygen atoms in total. The standard InChI is InChI=1S/C19H21F4N3O2S/c1-29(27,28)25-15-7-5-6-13(18(15)20)10-14-12-24-17(19(21,22)23)11-16(14)26-8-3-2-4-9-26/h5-7,11-12,25H,2-4,8-10H2,1H3. The quantitative estimate of drug-likeness (QED) is 0.721. The van der Waals surface area contributed by atoms with Crippen molar-refractivity contribution >= 4 is 21.4 Å². The number of aromatic nitrogens is 1. The molecule has 2 heterocycles. The van der Waals surface area contributed by atoms with Gasteiger partial charge >= 0.3 is 6.18 Å². The van der Waals surface area contributed by atoms with Crippen LogP contribution in [0, 0.1) is 5.82 Å². The molecule has 0 bridgehead atoms. The molecular weight excluding hydrogens is 410 g/mol. The predicted molar refractivity (Wildman–Crippen MR) is 103 cm³/mol. The zero-order chi connectivity index (χ0) is 21.2. The van der Waals surface area contributed by atoms with Gasteiger partial charge in [0.15, 0.2) is 5.82 Å². The molecular formula is C19H21F4N3O2S. The number of sulfonamides is 1. The minimum atomic E-state index is -4.58. The maximum atomic E-state index is 14.8. The van der Waals surface area contributed by atoms with E-state index in [1.807, 2.05) is 4.90 Å². The summed E-state index contributed by atoms with van der Waals surface area (Å²) >= 11 is 0. The predicted octanol–water partition coefficient (Wildman–Crippen LogP) is 4.19. The Morgan fingerprint density at radius 1 is 1.14 bits per heavy atom. The molecule has 10 heteroatoms. The van der Waals surface area contributed by atoms with Crippen LogP contribution in [-0.2, 0) is 22.6 Å². The molecule has 1 aliphatic heterocycles. The minimum Gasteiger partial charge on any atom is -0.371 e. The highest BCUT2D eigenvalue weighted by Crippen LogP contribution is 2.34. The van der Waals surface area contributed by atoms with Gasteiger partial charge in [-0.1, -0.05) is 12.1 Å². The lowest BCUT2D eigenvalue weighted by Gasteiger charge is -2.31. The summed E-state index contributed by atoms with van der Waals surface area (Å²) in [6.07, 6.45) is 0.194. The Kier molecular flexibility index (Phi) is 6.02. The van der Waals surface area contributed by atoms with Crippen LogP contribution in [0.25, 0.3) is 0 Å². The molecule has 0 radical (unpaired) electrons. The number of pyridine rings is 1. The summed E-state index contributed by atoms with van der Waals surface area (Å²) in [5.74, 6) is -0.762. The number of halogens is 4. The van der Waals surface area contributed by atoms with Crippen LogP contribution in [0.5, 0.6) is 0 Å². The highest BCUT2D eigenvalue weighted by Gasteiger charge is 2.34. The van der Waals surface area contributed by atoms with E-state index in [2.05, 4.69) is 9.71 Å². The third-order valence-corrected chi connectivity index (χ3v) is 5.29. The monoisotopic (exact) mass is 431 g/mol.